The number of carbonyl (C=O) groups is 1. The molecule has 3 nitrogen and oxygen atoms in total. The predicted molar refractivity (Wildman–Crippen MR) is 77.3 cm³/mol. The Hall–Kier alpha value is -1.56. The molecule has 1 aromatic carbocycles. The number of hydrogen-bond acceptors (Lipinski definition) is 2. The number of benzene rings is 1. The summed E-state index contributed by atoms with van der Waals surface area (Å²) in [4.78, 5) is 15.5. The quantitative estimate of drug-likeness (QED) is 0.804. The van der Waals surface area contributed by atoms with Crippen molar-refractivity contribution in [1.82, 2.24) is 4.90 Å². The third-order valence-corrected chi connectivity index (χ3v) is 3.02. The van der Waals surface area contributed by atoms with Gasteiger partial charge in [-0.25, -0.2) is 0 Å². The molecule has 0 bridgehead atoms. The Kier molecular flexibility index (Phi) is 6.20. The van der Waals surface area contributed by atoms with Crippen LogP contribution in [0.15, 0.2) is 24.3 Å². The number of amides is 1. The fourth-order valence-corrected chi connectivity index (χ4v) is 1.90. The van der Waals surface area contributed by atoms with Gasteiger partial charge in [0.25, 0.3) is 0 Å². The Morgan fingerprint density at radius 2 is 1.86 bits per heavy atom. The van der Waals surface area contributed by atoms with E-state index in [9.17, 15) is 18.0 Å². The van der Waals surface area contributed by atoms with Gasteiger partial charge >= 0.3 is 6.18 Å². The molecule has 0 atom stereocenters. The number of carbonyl (C=O) groups excluding carboxylic acids is 1. The summed E-state index contributed by atoms with van der Waals surface area (Å²) in [5.74, 6) is -0.154. The van der Waals surface area contributed by atoms with Crippen LogP contribution >= 0.6 is 0 Å². The lowest BCUT2D eigenvalue weighted by Gasteiger charge is -2.25. The van der Waals surface area contributed by atoms with Gasteiger partial charge in [0.2, 0.25) is 5.91 Å². The van der Waals surface area contributed by atoms with Crippen LogP contribution in [-0.4, -0.2) is 38.0 Å². The third-order valence-electron chi connectivity index (χ3n) is 3.02. The van der Waals surface area contributed by atoms with E-state index >= 15 is 0 Å². The van der Waals surface area contributed by atoms with Gasteiger partial charge in [0.05, 0.1) is 5.56 Å². The second-order valence-corrected chi connectivity index (χ2v) is 5.15. The summed E-state index contributed by atoms with van der Waals surface area (Å²) >= 11 is 0. The van der Waals surface area contributed by atoms with Crippen LogP contribution in [0.4, 0.5) is 18.9 Å². The highest BCUT2D eigenvalue weighted by atomic mass is 19.4. The van der Waals surface area contributed by atoms with Crippen LogP contribution in [0, 0.1) is 0 Å². The molecule has 0 unspecified atom stereocenters. The lowest BCUT2D eigenvalue weighted by Crippen LogP contribution is -2.36. The number of nitrogens with zero attached hydrogens (tertiary/aromatic N) is 2. The van der Waals surface area contributed by atoms with Crippen LogP contribution in [0.5, 0.6) is 0 Å². The Labute approximate surface area is 123 Å². The molecule has 118 valence electrons. The van der Waals surface area contributed by atoms with E-state index in [1.807, 2.05) is 25.9 Å². The summed E-state index contributed by atoms with van der Waals surface area (Å²) in [5.41, 5.74) is -0.440. The summed E-state index contributed by atoms with van der Waals surface area (Å²) < 4.78 is 38.3. The van der Waals surface area contributed by atoms with Crippen molar-refractivity contribution in [2.75, 3.05) is 32.1 Å². The van der Waals surface area contributed by atoms with Gasteiger partial charge in [-0.05, 0) is 38.7 Å². The first-order chi connectivity index (χ1) is 9.75. The average molecular weight is 302 g/mol. The summed E-state index contributed by atoms with van der Waals surface area (Å²) in [6.45, 7) is 2.83. The second-order valence-electron chi connectivity index (χ2n) is 5.15. The minimum atomic E-state index is -4.41. The highest BCUT2D eigenvalue weighted by Crippen LogP contribution is 2.31. The molecule has 0 N–H and O–H groups in total. The number of alkyl halides is 3. The first-order valence-corrected chi connectivity index (χ1v) is 6.88. The van der Waals surface area contributed by atoms with E-state index in [0.29, 0.717) is 31.6 Å². The fraction of sp³-hybridized carbons (Fsp3) is 0.533. The molecule has 0 saturated heterocycles. The van der Waals surface area contributed by atoms with E-state index in [0.717, 1.165) is 12.1 Å². The van der Waals surface area contributed by atoms with E-state index in [2.05, 4.69) is 0 Å². The van der Waals surface area contributed by atoms with Gasteiger partial charge in [-0.1, -0.05) is 13.0 Å². The maximum Gasteiger partial charge on any atom is 0.416 e. The Morgan fingerprint density at radius 3 is 2.38 bits per heavy atom. The van der Waals surface area contributed by atoms with E-state index in [1.165, 1.54) is 11.0 Å². The highest BCUT2D eigenvalue weighted by Gasteiger charge is 2.31. The third kappa shape index (κ3) is 5.38. The number of halogens is 3. The molecule has 0 spiro atoms. The Balaban J connectivity index is 3.04. The smallest absolute Gasteiger partial charge is 0.311 e. The Morgan fingerprint density at radius 1 is 1.19 bits per heavy atom. The summed E-state index contributed by atoms with van der Waals surface area (Å²) in [5, 5.41) is 0. The van der Waals surface area contributed by atoms with Gasteiger partial charge in [-0.2, -0.15) is 13.2 Å². The normalized spacial score (nSPS) is 11.8. The number of likely N-dealkylation sites (N-methyl/N-ethyl adjacent to an activating group) is 1. The molecule has 0 fully saturated rings. The molecular formula is C15H21F3N2O. The van der Waals surface area contributed by atoms with Gasteiger partial charge in [0.1, 0.15) is 0 Å². The van der Waals surface area contributed by atoms with Crippen LogP contribution in [0.2, 0.25) is 0 Å². The minimum absolute atomic E-state index is 0.154. The fourth-order valence-electron chi connectivity index (χ4n) is 1.90. The largest absolute Gasteiger partial charge is 0.416 e. The molecule has 6 heteroatoms. The zero-order chi connectivity index (χ0) is 16.0. The monoisotopic (exact) mass is 302 g/mol. The van der Waals surface area contributed by atoms with Crippen molar-refractivity contribution in [3.05, 3.63) is 29.8 Å². The topological polar surface area (TPSA) is 23.6 Å². The van der Waals surface area contributed by atoms with E-state index in [-0.39, 0.29) is 5.91 Å². The van der Waals surface area contributed by atoms with Gasteiger partial charge < -0.3 is 9.80 Å². The second kappa shape index (κ2) is 7.45. The van der Waals surface area contributed by atoms with Crippen LogP contribution in [0.25, 0.3) is 0 Å². The van der Waals surface area contributed by atoms with Crippen molar-refractivity contribution in [2.45, 2.75) is 25.9 Å². The maximum atomic E-state index is 12.8. The average Bonchev–Trinajstić information content (AvgIpc) is 2.38. The van der Waals surface area contributed by atoms with Crippen molar-refractivity contribution >= 4 is 11.6 Å². The SMILES string of the molecule is CCCC(=O)N(CCN(C)C)c1cccc(C(F)(F)F)c1. The van der Waals surface area contributed by atoms with E-state index < -0.39 is 11.7 Å². The van der Waals surface area contributed by atoms with E-state index in [4.69, 9.17) is 0 Å². The molecule has 0 aliphatic carbocycles. The number of rotatable bonds is 6. The molecule has 0 aliphatic heterocycles. The number of hydrogen-bond donors (Lipinski definition) is 0. The standard InChI is InChI=1S/C15H21F3N2O/c1-4-6-14(21)20(10-9-19(2)3)13-8-5-7-12(11-13)15(16,17)18/h5,7-8,11H,4,6,9-10H2,1-3H3. The maximum absolute atomic E-state index is 12.8. The van der Waals surface area contributed by atoms with Crippen molar-refractivity contribution < 1.29 is 18.0 Å². The van der Waals surface area contributed by atoms with Crippen LogP contribution in [0.1, 0.15) is 25.3 Å². The molecule has 0 heterocycles. The van der Waals surface area contributed by atoms with Crippen molar-refractivity contribution in [1.29, 1.82) is 0 Å². The van der Waals surface area contributed by atoms with Crippen molar-refractivity contribution in [2.24, 2.45) is 0 Å². The first-order valence-electron chi connectivity index (χ1n) is 6.88. The van der Waals surface area contributed by atoms with Crippen LogP contribution in [-0.2, 0) is 11.0 Å². The highest BCUT2D eigenvalue weighted by molar-refractivity contribution is 5.93. The zero-order valence-corrected chi connectivity index (χ0v) is 12.6. The molecule has 1 rings (SSSR count). The summed E-state index contributed by atoms with van der Waals surface area (Å²) in [7, 11) is 3.71. The lowest BCUT2D eigenvalue weighted by molar-refractivity contribution is -0.137. The minimum Gasteiger partial charge on any atom is -0.311 e. The van der Waals surface area contributed by atoms with Gasteiger partial charge in [0.15, 0.2) is 0 Å². The molecule has 0 radical (unpaired) electrons. The molecule has 1 aromatic rings. The van der Waals surface area contributed by atoms with Crippen LogP contribution in [0.3, 0.4) is 0 Å². The first kappa shape index (κ1) is 17.5. The van der Waals surface area contributed by atoms with Crippen molar-refractivity contribution in [3.8, 4) is 0 Å². The molecule has 0 aliphatic rings. The zero-order valence-electron chi connectivity index (χ0n) is 12.6. The molecule has 0 aromatic heterocycles. The van der Waals surface area contributed by atoms with Gasteiger partial charge in [0, 0.05) is 25.2 Å². The molecule has 1 amide bonds. The molecular weight excluding hydrogens is 281 g/mol. The predicted octanol–water partition coefficient (Wildman–Crippen LogP) is 3.40. The Bertz CT molecular complexity index is 472. The van der Waals surface area contributed by atoms with Crippen molar-refractivity contribution in [3.63, 3.8) is 0 Å². The molecule has 0 saturated carbocycles. The van der Waals surface area contributed by atoms with E-state index in [1.54, 1.807) is 6.07 Å². The van der Waals surface area contributed by atoms with Crippen LogP contribution < -0.4 is 4.90 Å². The number of anilines is 1. The summed E-state index contributed by atoms with van der Waals surface area (Å²) in [6, 6.07) is 4.92. The lowest BCUT2D eigenvalue weighted by atomic mass is 10.1. The summed E-state index contributed by atoms with van der Waals surface area (Å²) in [6.07, 6.45) is -3.42. The van der Waals surface area contributed by atoms with Gasteiger partial charge in [-0.15, -0.1) is 0 Å². The molecule has 21 heavy (non-hydrogen) atoms. The van der Waals surface area contributed by atoms with Gasteiger partial charge in [-0.3, -0.25) is 4.79 Å².